The van der Waals surface area contributed by atoms with Crippen LogP contribution in [0.4, 0.5) is 0 Å². The molecule has 1 aromatic carbocycles. The van der Waals surface area contributed by atoms with Gasteiger partial charge in [0.25, 0.3) is 0 Å². The minimum absolute atomic E-state index is 0.0562. The van der Waals surface area contributed by atoms with Crippen LogP contribution in [-0.4, -0.2) is 16.6 Å². The third-order valence-electron chi connectivity index (χ3n) is 6.82. The number of benzene rings is 1. The van der Waals surface area contributed by atoms with Gasteiger partial charge in [0, 0.05) is 5.70 Å². The lowest BCUT2D eigenvalue weighted by Crippen LogP contribution is -2.43. The van der Waals surface area contributed by atoms with Gasteiger partial charge < -0.3 is 10.4 Å². The zero-order valence-corrected chi connectivity index (χ0v) is 15.7. The molecule has 0 radical (unpaired) electrons. The van der Waals surface area contributed by atoms with Gasteiger partial charge in [-0.1, -0.05) is 36.8 Å². The number of allylic oxidation sites excluding steroid dienone is 2. The van der Waals surface area contributed by atoms with Crippen LogP contribution >= 0.6 is 0 Å². The second-order valence-corrected chi connectivity index (χ2v) is 9.20. The van der Waals surface area contributed by atoms with Crippen molar-refractivity contribution >= 4 is 5.91 Å². The van der Waals surface area contributed by atoms with Crippen LogP contribution in [0.25, 0.3) is 0 Å². The first-order valence-corrected chi connectivity index (χ1v) is 9.53. The first kappa shape index (κ1) is 16.8. The van der Waals surface area contributed by atoms with Gasteiger partial charge in [0.15, 0.2) is 0 Å². The van der Waals surface area contributed by atoms with Crippen molar-refractivity contribution in [3.05, 3.63) is 46.7 Å². The normalized spacial score (nSPS) is 33.7. The van der Waals surface area contributed by atoms with E-state index >= 15 is 0 Å². The predicted octanol–water partition coefficient (Wildman–Crippen LogP) is 3.84. The lowest BCUT2D eigenvalue weighted by molar-refractivity contribution is -0.125. The van der Waals surface area contributed by atoms with Crippen molar-refractivity contribution in [1.82, 2.24) is 5.32 Å². The average molecular weight is 339 g/mol. The van der Waals surface area contributed by atoms with Gasteiger partial charge in [-0.3, -0.25) is 4.79 Å². The number of rotatable bonds is 3. The highest BCUT2D eigenvalue weighted by molar-refractivity contribution is 5.88. The fraction of sp³-hybridized carbons (Fsp3) is 0.591. The maximum Gasteiger partial charge on any atom is 0.234 e. The molecule has 3 heteroatoms. The summed E-state index contributed by atoms with van der Waals surface area (Å²) in [5, 5.41) is 14.1. The Balaban J connectivity index is 1.60. The average Bonchev–Trinajstić information content (AvgIpc) is 2.74. The van der Waals surface area contributed by atoms with Crippen molar-refractivity contribution in [2.24, 2.45) is 17.8 Å². The Morgan fingerprint density at radius 1 is 1.28 bits per heavy atom. The highest BCUT2D eigenvalue weighted by atomic mass is 16.3. The molecule has 0 aliphatic heterocycles. The van der Waals surface area contributed by atoms with E-state index in [2.05, 4.69) is 31.3 Å². The summed E-state index contributed by atoms with van der Waals surface area (Å²) in [4.78, 5) is 13.1. The zero-order valence-electron chi connectivity index (χ0n) is 15.7. The maximum atomic E-state index is 13.1. The number of hydrogen-bond acceptors (Lipinski definition) is 2. The van der Waals surface area contributed by atoms with E-state index in [0.717, 1.165) is 36.9 Å². The number of fused-ring (bicyclic) bond motifs is 1. The van der Waals surface area contributed by atoms with Gasteiger partial charge in [-0.25, -0.2) is 0 Å². The Morgan fingerprint density at radius 3 is 2.76 bits per heavy atom. The van der Waals surface area contributed by atoms with Gasteiger partial charge in [0.1, 0.15) is 0 Å². The summed E-state index contributed by atoms with van der Waals surface area (Å²) in [7, 11) is 0. The molecule has 1 amide bonds. The topological polar surface area (TPSA) is 49.3 Å². The summed E-state index contributed by atoms with van der Waals surface area (Å²) >= 11 is 0. The van der Waals surface area contributed by atoms with E-state index in [4.69, 9.17) is 0 Å². The largest absolute Gasteiger partial charge is 0.390 e. The molecule has 2 fully saturated rings. The van der Waals surface area contributed by atoms with E-state index in [-0.39, 0.29) is 11.8 Å². The zero-order chi connectivity index (χ0) is 18.0. The number of carbonyl (C=O) groups is 1. The predicted molar refractivity (Wildman–Crippen MR) is 98.9 cm³/mol. The van der Waals surface area contributed by atoms with Crippen molar-refractivity contribution in [2.45, 2.75) is 64.4 Å². The number of hydrogen-bond donors (Lipinski definition) is 2. The Morgan fingerprint density at radius 2 is 2.04 bits per heavy atom. The van der Waals surface area contributed by atoms with Gasteiger partial charge in [-0.2, -0.15) is 0 Å². The van der Waals surface area contributed by atoms with Crippen LogP contribution in [0.5, 0.6) is 0 Å². The summed E-state index contributed by atoms with van der Waals surface area (Å²) in [6.45, 7) is 8.19. The highest BCUT2D eigenvalue weighted by Gasteiger charge is 2.55. The van der Waals surface area contributed by atoms with E-state index < -0.39 is 11.0 Å². The first-order chi connectivity index (χ1) is 11.7. The molecule has 1 aromatic rings. The Labute approximate surface area is 150 Å². The van der Waals surface area contributed by atoms with E-state index in [9.17, 15) is 9.90 Å². The second-order valence-electron chi connectivity index (χ2n) is 9.20. The summed E-state index contributed by atoms with van der Waals surface area (Å²) in [6.07, 6.45) is 3.65. The third-order valence-corrected chi connectivity index (χ3v) is 6.82. The van der Waals surface area contributed by atoms with Crippen LogP contribution in [0, 0.1) is 24.7 Å². The van der Waals surface area contributed by atoms with Gasteiger partial charge >= 0.3 is 0 Å². The number of aryl methyl sites for hydroxylation is 1. The molecule has 2 bridgehead atoms. The number of carbonyl (C=O) groups excluding carboxylic acids is 1. The van der Waals surface area contributed by atoms with E-state index in [1.54, 1.807) is 0 Å². The quantitative estimate of drug-likeness (QED) is 0.879. The fourth-order valence-corrected chi connectivity index (χ4v) is 5.30. The number of aliphatic hydroxyl groups is 1. The van der Waals surface area contributed by atoms with E-state index in [0.29, 0.717) is 11.8 Å². The molecule has 3 aliphatic carbocycles. The van der Waals surface area contributed by atoms with Crippen LogP contribution < -0.4 is 5.32 Å². The summed E-state index contributed by atoms with van der Waals surface area (Å²) < 4.78 is 0. The van der Waals surface area contributed by atoms with E-state index in [1.807, 2.05) is 26.0 Å². The minimum atomic E-state index is -0.579. The molecule has 0 heterocycles. The Bertz CT molecular complexity index is 763. The van der Waals surface area contributed by atoms with Gasteiger partial charge in [0.2, 0.25) is 5.91 Å². The number of nitrogens with one attached hydrogen (secondary N) is 1. The monoisotopic (exact) mass is 339 g/mol. The van der Waals surface area contributed by atoms with Crippen LogP contribution in [0.1, 0.15) is 57.6 Å². The van der Waals surface area contributed by atoms with Gasteiger partial charge in [0.05, 0.1) is 11.0 Å². The maximum absolute atomic E-state index is 13.1. The molecule has 3 aliphatic rings. The molecule has 4 rings (SSSR count). The van der Waals surface area contributed by atoms with Crippen molar-refractivity contribution < 1.29 is 9.90 Å². The molecule has 3 nitrogen and oxygen atoms in total. The summed E-state index contributed by atoms with van der Waals surface area (Å²) in [5.74, 6) is 1.39. The van der Waals surface area contributed by atoms with Crippen molar-refractivity contribution in [3.63, 3.8) is 0 Å². The van der Waals surface area contributed by atoms with Crippen LogP contribution in [0.3, 0.4) is 0 Å². The van der Waals surface area contributed by atoms with Gasteiger partial charge in [-0.15, -0.1) is 0 Å². The smallest absolute Gasteiger partial charge is 0.234 e. The van der Waals surface area contributed by atoms with Crippen LogP contribution in [0.2, 0.25) is 0 Å². The molecule has 0 saturated heterocycles. The highest BCUT2D eigenvalue weighted by Crippen LogP contribution is 2.60. The number of amides is 1. The minimum Gasteiger partial charge on any atom is -0.390 e. The molecule has 2 N–H and O–H groups in total. The fourth-order valence-electron chi connectivity index (χ4n) is 5.30. The molecular weight excluding hydrogens is 310 g/mol. The molecule has 0 spiro atoms. The summed E-state index contributed by atoms with van der Waals surface area (Å²) in [5.41, 5.74) is 3.62. The lowest BCUT2D eigenvalue weighted by Gasteiger charge is -2.39. The van der Waals surface area contributed by atoms with Crippen molar-refractivity contribution in [1.29, 1.82) is 0 Å². The van der Waals surface area contributed by atoms with Crippen molar-refractivity contribution in [2.75, 3.05) is 0 Å². The summed E-state index contributed by atoms with van der Waals surface area (Å²) in [6, 6.07) is 8.20. The first-order valence-electron chi connectivity index (χ1n) is 9.53. The molecular formula is C22H29NO2. The molecule has 4 atom stereocenters. The molecule has 134 valence electrons. The molecule has 25 heavy (non-hydrogen) atoms. The lowest BCUT2D eigenvalue weighted by atomic mass is 9.68. The Kier molecular flexibility index (Phi) is 3.66. The van der Waals surface area contributed by atoms with Crippen LogP contribution in [0.15, 0.2) is 35.5 Å². The van der Waals surface area contributed by atoms with Gasteiger partial charge in [-0.05, 0) is 75.3 Å². The Hall–Kier alpha value is -1.61. The van der Waals surface area contributed by atoms with Crippen molar-refractivity contribution in [3.8, 4) is 0 Å². The molecule has 2 saturated carbocycles. The second kappa shape index (κ2) is 5.44. The molecule has 0 aromatic heterocycles. The van der Waals surface area contributed by atoms with E-state index in [1.165, 1.54) is 11.1 Å². The SMILES string of the molecule is Cc1cccc(C(C)(C)C(=O)NC2=C3CC4C[C@](O)(CC2C)CC34)c1. The standard InChI is InChI=1S/C22H29NO2/c1-13-6-5-7-16(8-13)21(3,4)20(24)23-19-14(2)10-22(25)11-15-9-17(19)18(15)12-22/h5-8,14-15,18,25H,9-12H2,1-4H3,(H,23,24)/t14?,15?,18?,22-/m1/s1. The molecule has 3 unspecified atom stereocenters. The third kappa shape index (κ3) is 2.64. The van der Waals surface area contributed by atoms with Crippen LogP contribution in [-0.2, 0) is 10.2 Å².